The zero-order valence-electron chi connectivity index (χ0n) is 14.1. The summed E-state index contributed by atoms with van der Waals surface area (Å²) in [6, 6.07) is 10.2. The second kappa shape index (κ2) is 7.11. The van der Waals surface area contributed by atoms with Crippen LogP contribution < -0.4 is 15.1 Å². The first-order valence-electron chi connectivity index (χ1n) is 7.68. The molecule has 0 saturated heterocycles. The maximum absolute atomic E-state index is 4.62. The van der Waals surface area contributed by atoms with Crippen LogP contribution in [0.15, 0.2) is 30.3 Å². The van der Waals surface area contributed by atoms with Crippen LogP contribution in [0.25, 0.3) is 0 Å². The fourth-order valence-electron chi connectivity index (χ4n) is 2.29. The van der Waals surface area contributed by atoms with Crippen molar-refractivity contribution in [1.82, 2.24) is 9.97 Å². The summed E-state index contributed by atoms with van der Waals surface area (Å²) in [6.45, 7) is 8.13. The van der Waals surface area contributed by atoms with Crippen LogP contribution >= 0.6 is 0 Å². The Kier molecular flexibility index (Phi) is 5.20. The summed E-state index contributed by atoms with van der Waals surface area (Å²) < 4.78 is 0. The molecule has 0 unspecified atom stereocenters. The Morgan fingerprint density at radius 1 is 1.00 bits per heavy atom. The molecule has 0 fully saturated rings. The summed E-state index contributed by atoms with van der Waals surface area (Å²) in [6.07, 6.45) is 0. The van der Waals surface area contributed by atoms with E-state index in [1.807, 2.05) is 39.2 Å². The van der Waals surface area contributed by atoms with Gasteiger partial charge in [-0.3, -0.25) is 0 Å². The topological polar surface area (TPSA) is 44.3 Å². The molecule has 0 spiro atoms. The molecule has 0 atom stereocenters. The second-order valence-corrected chi connectivity index (χ2v) is 5.43. The maximum atomic E-state index is 4.62. The predicted octanol–water partition coefficient (Wildman–Crippen LogP) is 3.44. The molecule has 2 aromatic rings. The molecule has 22 heavy (non-hydrogen) atoms. The molecule has 0 saturated carbocycles. The van der Waals surface area contributed by atoms with Crippen LogP contribution in [0.2, 0.25) is 0 Å². The van der Waals surface area contributed by atoms with E-state index in [4.69, 9.17) is 0 Å². The first kappa shape index (κ1) is 16.1. The van der Waals surface area contributed by atoms with Gasteiger partial charge < -0.3 is 15.1 Å². The third-order valence-electron chi connectivity index (χ3n) is 3.57. The molecule has 5 heteroatoms. The van der Waals surface area contributed by atoms with E-state index in [0.717, 1.165) is 30.3 Å². The maximum Gasteiger partial charge on any atom is 0.229 e. The Bertz CT molecular complexity index is 603. The highest BCUT2D eigenvalue weighted by molar-refractivity contribution is 5.60. The minimum absolute atomic E-state index is 0.638. The van der Waals surface area contributed by atoms with Crippen molar-refractivity contribution in [3.05, 3.63) is 36.0 Å². The summed E-state index contributed by atoms with van der Waals surface area (Å²) >= 11 is 0. The molecule has 0 bridgehead atoms. The highest BCUT2D eigenvalue weighted by Crippen LogP contribution is 2.20. The Balaban J connectivity index is 2.22. The molecule has 0 amide bonds. The van der Waals surface area contributed by atoms with Crippen molar-refractivity contribution in [2.75, 3.05) is 42.3 Å². The van der Waals surface area contributed by atoms with Crippen LogP contribution in [0.5, 0.6) is 0 Å². The van der Waals surface area contributed by atoms with E-state index in [1.54, 1.807) is 0 Å². The number of aromatic nitrogens is 2. The molecule has 0 radical (unpaired) electrons. The molecule has 1 aromatic carbocycles. The van der Waals surface area contributed by atoms with Crippen molar-refractivity contribution in [2.24, 2.45) is 0 Å². The van der Waals surface area contributed by atoms with E-state index in [1.165, 1.54) is 5.69 Å². The highest BCUT2D eigenvalue weighted by Gasteiger charge is 2.08. The Morgan fingerprint density at radius 3 is 2.18 bits per heavy atom. The molecule has 0 aliphatic heterocycles. The highest BCUT2D eigenvalue weighted by atomic mass is 15.2. The number of hydrogen-bond acceptors (Lipinski definition) is 5. The standard InChI is InChI=1S/C17H25N5/c1-6-22(7-2)16-12-13(3)18-17(20-16)19-14-8-10-15(11-9-14)21(4)5/h8-12H,6-7H2,1-5H3,(H,18,19,20). The van der Waals surface area contributed by atoms with Crippen LogP contribution in [0, 0.1) is 6.92 Å². The Hall–Kier alpha value is -2.30. The van der Waals surface area contributed by atoms with Gasteiger partial charge in [0.15, 0.2) is 0 Å². The Labute approximate surface area is 133 Å². The van der Waals surface area contributed by atoms with Gasteiger partial charge in [-0.2, -0.15) is 4.98 Å². The number of benzene rings is 1. The number of aryl methyl sites for hydroxylation is 1. The smallest absolute Gasteiger partial charge is 0.229 e. The van der Waals surface area contributed by atoms with Gasteiger partial charge in [0, 0.05) is 50.3 Å². The quantitative estimate of drug-likeness (QED) is 0.885. The van der Waals surface area contributed by atoms with Crippen molar-refractivity contribution in [3.63, 3.8) is 0 Å². The molecule has 1 heterocycles. The fourth-order valence-corrected chi connectivity index (χ4v) is 2.29. The summed E-state index contributed by atoms with van der Waals surface area (Å²) in [5.41, 5.74) is 3.12. The summed E-state index contributed by atoms with van der Waals surface area (Å²) in [7, 11) is 4.06. The van der Waals surface area contributed by atoms with E-state index in [9.17, 15) is 0 Å². The van der Waals surface area contributed by atoms with Crippen LogP contribution in [0.4, 0.5) is 23.1 Å². The van der Waals surface area contributed by atoms with Gasteiger partial charge in [0.05, 0.1) is 0 Å². The average Bonchev–Trinajstić information content (AvgIpc) is 2.48. The third-order valence-corrected chi connectivity index (χ3v) is 3.57. The number of hydrogen-bond donors (Lipinski definition) is 1. The van der Waals surface area contributed by atoms with Gasteiger partial charge >= 0.3 is 0 Å². The van der Waals surface area contributed by atoms with E-state index in [2.05, 4.69) is 51.1 Å². The summed E-state index contributed by atoms with van der Waals surface area (Å²) in [4.78, 5) is 13.4. The summed E-state index contributed by atoms with van der Waals surface area (Å²) in [5, 5.41) is 3.29. The van der Waals surface area contributed by atoms with Crippen LogP contribution in [-0.2, 0) is 0 Å². The summed E-state index contributed by atoms with van der Waals surface area (Å²) in [5.74, 6) is 1.60. The largest absolute Gasteiger partial charge is 0.378 e. The zero-order valence-corrected chi connectivity index (χ0v) is 14.1. The van der Waals surface area contributed by atoms with E-state index in [-0.39, 0.29) is 0 Å². The number of rotatable bonds is 6. The predicted molar refractivity (Wildman–Crippen MR) is 94.4 cm³/mol. The SMILES string of the molecule is CCN(CC)c1cc(C)nc(Nc2ccc(N(C)C)cc2)n1. The van der Waals surface area contributed by atoms with Gasteiger partial charge in [-0.25, -0.2) is 4.98 Å². The lowest BCUT2D eigenvalue weighted by molar-refractivity contribution is 0.840. The van der Waals surface area contributed by atoms with Crippen molar-refractivity contribution >= 4 is 23.1 Å². The lowest BCUT2D eigenvalue weighted by atomic mass is 10.2. The van der Waals surface area contributed by atoms with Crippen molar-refractivity contribution in [3.8, 4) is 0 Å². The van der Waals surface area contributed by atoms with E-state index in [0.29, 0.717) is 5.95 Å². The molecule has 1 aromatic heterocycles. The van der Waals surface area contributed by atoms with Crippen LogP contribution in [0.1, 0.15) is 19.5 Å². The molecular formula is C17H25N5. The zero-order chi connectivity index (χ0) is 16.1. The lowest BCUT2D eigenvalue weighted by Crippen LogP contribution is -2.23. The number of nitrogens with one attached hydrogen (secondary N) is 1. The van der Waals surface area contributed by atoms with Crippen LogP contribution in [-0.4, -0.2) is 37.2 Å². The normalized spacial score (nSPS) is 10.4. The number of anilines is 4. The first-order valence-corrected chi connectivity index (χ1v) is 7.68. The van der Waals surface area contributed by atoms with Crippen LogP contribution in [0.3, 0.4) is 0 Å². The van der Waals surface area contributed by atoms with E-state index < -0.39 is 0 Å². The van der Waals surface area contributed by atoms with Gasteiger partial charge in [0.1, 0.15) is 5.82 Å². The molecule has 118 valence electrons. The average molecular weight is 299 g/mol. The van der Waals surface area contributed by atoms with Gasteiger partial charge in [-0.15, -0.1) is 0 Å². The molecule has 0 aliphatic rings. The monoisotopic (exact) mass is 299 g/mol. The first-order chi connectivity index (χ1) is 10.5. The van der Waals surface area contributed by atoms with Gasteiger partial charge in [0.25, 0.3) is 0 Å². The molecule has 2 rings (SSSR count). The number of nitrogens with zero attached hydrogens (tertiary/aromatic N) is 4. The van der Waals surface area contributed by atoms with Crippen molar-refractivity contribution in [1.29, 1.82) is 0 Å². The lowest BCUT2D eigenvalue weighted by Gasteiger charge is -2.20. The molecule has 5 nitrogen and oxygen atoms in total. The Morgan fingerprint density at radius 2 is 1.64 bits per heavy atom. The van der Waals surface area contributed by atoms with Gasteiger partial charge in [0.2, 0.25) is 5.95 Å². The third kappa shape index (κ3) is 3.87. The van der Waals surface area contributed by atoms with Gasteiger partial charge in [-0.05, 0) is 45.0 Å². The van der Waals surface area contributed by atoms with Gasteiger partial charge in [-0.1, -0.05) is 0 Å². The second-order valence-electron chi connectivity index (χ2n) is 5.43. The molecule has 1 N–H and O–H groups in total. The minimum atomic E-state index is 0.638. The van der Waals surface area contributed by atoms with Crippen molar-refractivity contribution < 1.29 is 0 Å². The van der Waals surface area contributed by atoms with Crippen molar-refractivity contribution in [2.45, 2.75) is 20.8 Å². The minimum Gasteiger partial charge on any atom is -0.378 e. The van der Waals surface area contributed by atoms with E-state index >= 15 is 0 Å². The fraction of sp³-hybridized carbons (Fsp3) is 0.412. The molecule has 0 aliphatic carbocycles. The molecular weight excluding hydrogens is 274 g/mol.